The molecular weight excluding hydrogens is 433 g/mol. The van der Waals surface area contributed by atoms with Crippen LogP contribution in [0.15, 0.2) is 50.1 Å². The third-order valence-corrected chi connectivity index (χ3v) is 4.60. The summed E-state index contributed by atoms with van der Waals surface area (Å²) in [5.41, 5.74) is -0.239. The van der Waals surface area contributed by atoms with E-state index in [9.17, 15) is 9.59 Å². The van der Waals surface area contributed by atoms with Gasteiger partial charge in [0, 0.05) is 15.5 Å². The van der Waals surface area contributed by atoms with E-state index in [1.165, 1.54) is 19.2 Å². The molecule has 0 aliphatic rings. The first-order valence-corrected chi connectivity index (χ1v) is 8.51. The molecule has 128 valence electrons. The molecule has 0 fully saturated rings. The molecule has 0 saturated heterocycles. The Balaban J connectivity index is 2.02. The Morgan fingerprint density at radius 2 is 1.92 bits per heavy atom. The van der Waals surface area contributed by atoms with Crippen LogP contribution in [0.3, 0.4) is 0 Å². The van der Waals surface area contributed by atoms with Gasteiger partial charge in [-0.15, -0.1) is 0 Å². The number of fused-ring (bicyclic) bond motifs is 1. The average molecular weight is 443 g/mol. The van der Waals surface area contributed by atoms with E-state index in [-0.39, 0.29) is 11.1 Å². The molecule has 25 heavy (non-hydrogen) atoms. The summed E-state index contributed by atoms with van der Waals surface area (Å²) < 4.78 is 11.2. The van der Waals surface area contributed by atoms with E-state index in [2.05, 4.69) is 21.2 Å². The van der Waals surface area contributed by atoms with Gasteiger partial charge in [-0.05, 0) is 36.4 Å². The number of carbonyl (C=O) groups excluding carboxylic acids is 1. The zero-order valence-corrected chi connectivity index (χ0v) is 15.8. The maximum absolute atomic E-state index is 12.4. The van der Waals surface area contributed by atoms with Crippen molar-refractivity contribution in [1.29, 1.82) is 0 Å². The summed E-state index contributed by atoms with van der Waals surface area (Å²) in [4.78, 5) is 24.6. The topological polar surface area (TPSA) is 68.5 Å². The zero-order chi connectivity index (χ0) is 18.1. The van der Waals surface area contributed by atoms with Gasteiger partial charge < -0.3 is 14.5 Å². The number of halogens is 3. The second-order valence-corrected chi connectivity index (χ2v) is 6.79. The van der Waals surface area contributed by atoms with Crippen molar-refractivity contribution in [3.05, 3.63) is 66.9 Å². The van der Waals surface area contributed by atoms with Gasteiger partial charge >= 0.3 is 5.63 Å². The van der Waals surface area contributed by atoms with Crippen LogP contribution in [0.2, 0.25) is 10.0 Å². The second-order valence-electron chi connectivity index (χ2n) is 5.06. The summed E-state index contributed by atoms with van der Waals surface area (Å²) in [5, 5.41) is 3.79. The number of rotatable bonds is 3. The number of carbonyl (C=O) groups is 1. The van der Waals surface area contributed by atoms with Gasteiger partial charge in [0.1, 0.15) is 5.56 Å². The third-order valence-electron chi connectivity index (χ3n) is 3.40. The molecule has 0 bridgehead atoms. The standard InChI is InChI=1S/C17H10BrCl2NO4/c1-24-14-6-9(18)4-8-5-11(17(23)25-15(8)14)16(22)21-10-2-3-12(19)13(20)7-10/h2-7H,1H3,(H,21,22). The molecule has 3 aromatic rings. The first-order valence-electron chi connectivity index (χ1n) is 6.97. The van der Waals surface area contributed by atoms with Crippen LogP contribution >= 0.6 is 39.1 Å². The van der Waals surface area contributed by atoms with Gasteiger partial charge in [0.05, 0.1) is 17.2 Å². The van der Waals surface area contributed by atoms with Crippen molar-refractivity contribution in [2.24, 2.45) is 0 Å². The van der Waals surface area contributed by atoms with E-state index in [1.807, 2.05) is 0 Å². The Bertz CT molecular complexity index is 1050. The van der Waals surface area contributed by atoms with Gasteiger partial charge in [0.15, 0.2) is 11.3 Å². The Kier molecular flexibility index (Phi) is 5.03. The minimum atomic E-state index is -0.773. The smallest absolute Gasteiger partial charge is 0.349 e. The van der Waals surface area contributed by atoms with Crippen LogP contribution in [0.5, 0.6) is 5.75 Å². The molecule has 0 radical (unpaired) electrons. The highest BCUT2D eigenvalue weighted by Crippen LogP contribution is 2.30. The Labute approximate surface area is 160 Å². The normalized spacial score (nSPS) is 10.7. The molecule has 0 unspecified atom stereocenters. The number of hydrogen-bond donors (Lipinski definition) is 1. The largest absolute Gasteiger partial charge is 0.493 e. The highest BCUT2D eigenvalue weighted by atomic mass is 79.9. The van der Waals surface area contributed by atoms with Gasteiger partial charge in [-0.1, -0.05) is 39.1 Å². The average Bonchev–Trinajstić information content (AvgIpc) is 2.57. The van der Waals surface area contributed by atoms with Crippen molar-refractivity contribution in [3.63, 3.8) is 0 Å². The van der Waals surface area contributed by atoms with Crippen LogP contribution in [0.1, 0.15) is 10.4 Å². The van der Waals surface area contributed by atoms with Gasteiger partial charge in [-0.3, -0.25) is 4.79 Å². The number of amides is 1. The number of ether oxygens (including phenoxy) is 1. The molecule has 1 aromatic heterocycles. The van der Waals surface area contributed by atoms with Gasteiger partial charge in [-0.25, -0.2) is 4.79 Å². The molecule has 3 rings (SSSR count). The number of nitrogens with one attached hydrogen (secondary N) is 1. The fourth-order valence-electron chi connectivity index (χ4n) is 2.25. The van der Waals surface area contributed by atoms with Crippen molar-refractivity contribution in [2.75, 3.05) is 12.4 Å². The number of benzene rings is 2. The maximum atomic E-state index is 12.4. The number of anilines is 1. The molecule has 8 heteroatoms. The monoisotopic (exact) mass is 441 g/mol. The SMILES string of the molecule is COc1cc(Br)cc2cc(C(=O)Nc3ccc(Cl)c(Cl)c3)c(=O)oc12. The molecular formula is C17H10BrCl2NO4. The minimum absolute atomic E-state index is 0.140. The molecule has 0 aliphatic heterocycles. The second kappa shape index (κ2) is 7.07. The lowest BCUT2D eigenvalue weighted by Gasteiger charge is -2.08. The highest BCUT2D eigenvalue weighted by Gasteiger charge is 2.17. The van der Waals surface area contributed by atoms with E-state index in [0.29, 0.717) is 26.9 Å². The Morgan fingerprint density at radius 1 is 1.16 bits per heavy atom. The molecule has 0 atom stereocenters. The quantitative estimate of drug-likeness (QED) is 0.571. The van der Waals surface area contributed by atoms with E-state index in [0.717, 1.165) is 4.47 Å². The van der Waals surface area contributed by atoms with Crippen LogP contribution in [0.25, 0.3) is 11.0 Å². The van der Waals surface area contributed by atoms with Crippen LogP contribution in [-0.2, 0) is 0 Å². The van der Waals surface area contributed by atoms with Crippen molar-refractivity contribution in [3.8, 4) is 5.75 Å². The van der Waals surface area contributed by atoms with Crippen LogP contribution in [-0.4, -0.2) is 13.0 Å². The lowest BCUT2D eigenvalue weighted by atomic mass is 10.1. The van der Waals surface area contributed by atoms with Crippen molar-refractivity contribution in [1.82, 2.24) is 0 Å². The third kappa shape index (κ3) is 3.66. The summed E-state index contributed by atoms with van der Waals surface area (Å²) in [6.45, 7) is 0. The lowest BCUT2D eigenvalue weighted by molar-refractivity contribution is 0.102. The molecule has 0 saturated carbocycles. The number of methoxy groups -OCH3 is 1. The van der Waals surface area contributed by atoms with Crippen molar-refractivity contribution in [2.45, 2.75) is 0 Å². The van der Waals surface area contributed by atoms with E-state index >= 15 is 0 Å². The van der Waals surface area contributed by atoms with Crippen molar-refractivity contribution < 1.29 is 13.9 Å². The molecule has 1 heterocycles. The lowest BCUT2D eigenvalue weighted by Crippen LogP contribution is -2.20. The molecule has 2 aromatic carbocycles. The first-order chi connectivity index (χ1) is 11.9. The van der Waals surface area contributed by atoms with Crippen LogP contribution in [0, 0.1) is 0 Å². The summed E-state index contributed by atoms with van der Waals surface area (Å²) in [6, 6.07) is 9.45. The van der Waals surface area contributed by atoms with Gasteiger partial charge in [0.2, 0.25) is 0 Å². The predicted octanol–water partition coefficient (Wildman–Crippen LogP) is 5.12. The van der Waals surface area contributed by atoms with E-state index in [4.69, 9.17) is 32.4 Å². The number of hydrogen-bond acceptors (Lipinski definition) is 4. The molecule has 0 spiro atoms. The summed E-state index contributed by atoms with van der Waals surface area (Å²) >= 11 is 15.1. The Hall–Kier alpha value is -2.02. The van der Waals surface area contributed by atoms with Crippen LogP contribution < -0.4 is 15.7 Å². The fourth-order valence-corrected chi connectivity index (χ4v) is 3.00. The Morgan fingerprint density at radius 3 is 2.60 bits per heavy atom. The predicted molar refractivity (Wildman–Crippen MR) is 101 cm³/mol. The van der Waals surface area contributed by atoms with Crippen LogP contribution in [0.4, 0.5) is 5.69 Å². The molecule has 1 N–H and O–H groups in total. The van der Waals surface area contributed by atoms with Gasteiger partial charge in [-0.2, -0.15) is 0 Å². The molecule has 1 amide bonds. The van der Waals surface area contributed by atoms with E-state index < -0.39 is 11.5 Å². The highest BCUT2D eigenvalue weighted by molar-refractivity contribution is 9.10. The fraction of sp³-hybridized carbons (Fsp3) is 0.0588. The zero-order valence-electron chi connectivity index (χ0n) is 12.7. The van der Waals surface area contributed by atoms with E-state index in [1.54, 1.807) is 24.3 Å². The summed E-state index contributed by atoms with van der Waals surface area (Å²) in [6.07, 6.45) is 0. The van der Waals surface area contributed by atoms with Crippen molar-refractivity contribution >= 4 is 61.7 Å². The first kappa shape index (κ1) is 17.8. The molecule has 5 nitrogen and oxygen atoms in total. The van der Waals surface area contributed by atoms with Gasteiger partial charge in [0.25, 0.3) is 5.91 Å². The minimum Gasteiger partial charge on any atom is -0.493 e. The molecule has 0 aliphatic carbocycles. The summed E-state index contributed by atoms with van der Waals surface area (Å²) in [7, 11) is 1.46. The summed E-state index contributed by atoms with van der Waals surface area (Å²) in [5.74, 6) is -0.231. The maximum Gasteiger partial charge on any atom is 0.349 e.